The highest BCUT2D eigenvalue weighted by atomic mass is 27.0. The number of nitrogens with zero attached hydrogens (tertiary/aromatic N) is 1. The van der Waals surface area contributed by atoms with Crippen LogP contribution in [-0.4, -0.2) is 21.3 Å². The third-order valence-corrected chi connectivity index (χ3v) is 3.67. The molecule has 1 nitrogen and oxygen atoms in total. The highest BCUT2D eigenvalue weighted by Crippen LogP contribution is 2.28. The lowest BCUT2D eigenvalue weighted by Crippen LogP contribution is -2.28. The van der Waals surface area contributed by atoms with Gasteiger partial charge in [-0.05, 0) is 19.1 Å². The maximum atomic E-state index is 4.65. The maximum absolute atomic E-state index is 4.65. The van der Waals surface area contributed by atoms with Crippen LogP contribution in [0.3, 0.4) is 0 Å². The summed E-state index contributed by atoms with van der Waals surface area (Å²) in [6.07, 6.45) is 0. The van der Waals surface area contributed by atoms with Crippen LogP contribution in [0.1, 0.15) is 30.8 Å². The predicted octanol–water partition coefficient (Wildman–Crippen LogP) is 2.51. The maximum Gasteiger partial charge on any atom is 0.176 e. The number of hydrogen-bond acceptors (Lipinski definition) is 1. The summed E-state index contributed by atoms with van der Waals surface area (Å²) in [6.45, 7) is 6.47. The molecule has 17 heavy (non-hydrogen) atoms. The van der Waals surface area contributed by atoms with Gasteiger partial charge in [0.05, 0.1) is 5.69 Å². The summed E-state index contributed by atoms with van der Waals surface area (Å²) >= 11 is 2.81. The summed E-state index contributed by atoms with van der Waals surface area (Å²) in [7, 11) is 0. The van der Waals surface area contributed by atoms with E-state index in [0.29, 0.717) is 0 Å². The average Bonchev–Trinajstić information content (AvgIpc) is 2.29. The second-order valence-electron chi connectivity index (χ2n) is 4.88. The van der Waals surface area contributed by atoms with Crippen LogP contribution < -0.4 is 4.43 Å². The first-order chi connectivity index (χ1) is 8.01. The van der Waals surface area contributed by atoms with E-state index in [1.54, 1.807) is 0 Å². The Kier molecular flexibility index (Phi) is 3.38. The molecule has 0 aliphatic rings. The van der Waals surface area contributed by atoms with Gasteiger partial charge in [-0.1, -0.05) is 49.7 Å². The smallest absolute Gasteiger partial charge is 0.176 e. The van der Waals surface area contributed by atoms with Crippen molar-refractivity contribution in [2.75, 3.05) is 0 Å². The van der Waals surface area contributed by atoms with Gasteiger partial charge < -0.3 is 0 Å². The van der Waals surface area contributed by atoms with Gasteiger partial charge in [0, 0.05) is 11.1 Å². The molecule has 2 radical (unpaired) electrons. The van der Waals surface area contributed by atoms with Crippen molar-refractivity contribution >= 4 is 20.7 Å². The van der Waals surface area contributed by atoms with E-state index in [4.69, 9.17) is 0 Å². The first kappa shape index (κ1) is 12.4. The minimum atomic E-state index is -0.0651. The van der Waals surface area contributed by atoms with Crippen LogP contribution in [0.5, 0.6) is 0 Å². The number of aromatic nitrogens is 1. The summed E-state index contributed by atoms with van der Waals surface area (Å²) in [4.78, 5) is 4.65. The minimum Gasteiger partial charge on any atom is -0.257 e. The Morgan fingerprint density at radius 3 is 2.35 bits per heavy atom. The van der Waals surface area contributed by atoms with Crippen molar-refractivity contribution in [3.05, 3.63) is 59.4 Å². The summed E-state index contributed by atoms with van der Waals surface area (Å²) in [6, 6.07) is 14.6. The second kappa shape index (κ2) is 4.64. The van der Waals surface area contributed by atoms with Crippen molar-refractivity contribution in [2.24, 2.45) is 0 Å². The molecule has 0 unspecified atom stereocenters. The van der Waals surface area contributed by atoms with Gasteiger partial charge in [-0.3, -0.25) is 4.98 Å². The zero-order valence-electron chi connectivity index (χ0n) is 10.6. The number of benzene rings is 1. The molecule has 0 amide bonds. The average molecular weight is 237 g/mol. The molecule has 0 N–H and O–H groups in total. The highest BCUT2D eigenvalue weighted by molar-refractivity contribution is 6.33. The number of aryl methyl sites for hydroxylation is 1. The number of rotatable bonds is 2. The van der Waals surface area contributed by atoms with Gasteiger partial charge in [0.1, 0.15) is 0 Å². The van der Waals surface area contributed by atoms with Crippen molar-refractivity contribution in [3.8, 4) is 0 Å². The topological polar surface area (TPSA) is 12.9 Å². The fourth-order valence-electron chi connectivity index (χ4n) is 2.10. The zero-order valence-corrected chi connectivity index (χ0v) is 11.7. The number of pyridine rings is 1. The molecular formula is C15H16AlN. The Bertz CT molecular complexity index is 532. The summed E-state index contributed by atoms with van der Waals surface area (Å²) in [5, 5.41) is 0. The van der Waals surface area contributed by atoms with Crippen LogP contribution in [-0.2, 0) is 5.41 Å². The van der Waals surface area contributed by atoms with Gasteiger partial charge in [-0.2, -0.15) is 0 Å². The fraction of sp³-hybridized carbons (Fsp3) is 0.267. The molecule has 0 atom stereocenters. The first-order valence-corrected chi connectivity index (χ1v) is 6.38. The van der Waals surface area contributed by atoms with Gasteiger partial charge >= 0.3 is 0 Å². The molecule has 0 aliphatic carbocycles. The molecule has 2 aromatic rings. The van der Waals surface area contributed by atoms with Gasteiger partial charge in [0.25, 0.3) is 0 Å². The summed E-state index contributed by atoms with van der Waals surface area (Å²) in [5.74, 6) is 0. The Balaban J connectivity index is 2.53. The lowest BCUT2D eigenvalue weighted by atomic mass is 9.81. The Morgan fingerprint density at radius 2 is 1.71 bits per heavy atom. The van der Waals surface area contributed by atoms with Crippen molar-refractivity contribution in [2.45, 2.75) is 26.2 Å². The van der Waals surface area contributed by atoms with Crippen LogP contribution in [0.25, 0.3) is 0 Å². The third kappa shape index (κ3) is 2.44. The highest BCUT2D eigenvalue weighted by Gasteiger charge is 2.25. The van der Waals surface area contributed by atoms with E-state index in [2.05, 4.69) is 71.5 Å². The molecule has 2 rings (SSSR count). The molecule has 0 aliphatic heterocycles. The quantitative estimate of drug-likeness (QED) is 0.731. The van der Waals surface area contributed by atoms with Crippen LogP contribution >= 0.6 is 0 Å². The minimum absolute atomic E-state index is 0.0651. The van der Waals surface area contributed by atoms with E-state index in [1.165, 1.54) is 9.99 Å². The lowest BCUT2D eigenvalue weighted by molar-refractivity contribution is 0.618. The fourth-order valence-corrected chi connectivity index (χ4v) is 2.66. The van der Waals surface area contributed by atoms with Crippen LogP contribution in [0.2, 0.25) is 0 Å². The van der Waals surface area contributed by atoms with Gasteiger partial charge in [-0.15, -0.1) is 4.43 Å². The van der Waals surface area contributed by atoms with E-state index in [0.717, 1.165) is 11.4 Å². The molecule has 0 fully saturated rings. The standard InChI is InChI=1S/C15H16N.Al/c1-12-8-7-11-14(16-12)15(2,3)13-9-5-4-6-10-13;/h4-9,11H,1-3H3;. The number of hydrogen-bond donors (Lipinski definition) is 0. The zero-order chi connectivity index (χ0) is 12.5. The molecule has 1 aromatic carbocycles. The van der Waals surface area contributed by atoms with Crippen molar-refractivity contribution < 1.29 is 0 Å². The molecule has 0 bridgehead atoms. The van der Waals surface area contributed by atoms with Crippen molar-refractivity contribution in [3.63, 3.8) is 0 Å². The third-order valence-electron chi connectivity index (χ3n) is 3.16. The van der Waals surface area contributed by atoms with Crippen LogP contribution in [0.15, 0.2) is 42.5 Å². The largest absolute Gasteiger partial charge is 0.257 e. The van der Waals surface area contributed by atoms with E-state index in [1.807, 2.05) is 13.0 Å². The second-order valence-corrected chi connectivity index (χ2v) is 5.50. The van der Waals surface area contributed by atoms with E-state index < -0.39 is 0 Å². The molecule has 1 heterocycles. The predicted molar refractivity (Wildman–Crippen MR) is 72.9 cm³/mol. The molecule has 84 valence electrons. The Morgan fingerprint density at radius 1 is 1.00 bits per heavy atom. The molecule has 0 spiro atoms. The molecule has 0 saturated carbocycles. The molecule has 1 aromatic heterocycles. The van der Waals surface area contributed by atoms with Crippen LogP contribution in [0, 0.1) is 6.92 Å². The van der Waals surface area contributed by atoms with Crippen molar-refractivity contribution in [1.82, 2.24) is 4.98 Å². The molecule has 2 heteroatoms. The first-order valence-electron chi connectivity index (χ1n) is 5.81. The molecule has 0 saturated heterocycles. The summed E-state index contributed by atoms with van der Waals surface area (Å²) < 4.78 is 1.24. The van der Waals surface area contributed by atoms with E-state index in [9.17, 15) is 0 Å². The SMILES string of the molecule is Cc1cccc(C(C)(C)c2cccc[c]2[Al])n1. The Labute approximate surface area is 111 Å². The van der Waals surface area contributed by atoms with Gasteiger partial charge in [0.15, 0.2) is 16.3 Å². The summed E-state index contributed by atoms with van der Waals surface area (Å²) in [5.41, 5.74) is 3.43. The van der Waals surface area contributed by atoms with E-state index in [-0.39, 0.29) is 5.41 Å². The van der Waals surface area contributed by atoms with Gasteiger partial charge in [0.2, 0.25) is 0 Å². The van der Waals surface area contributed by atoms with E-state index >= 15 is 0 Å². The monoisotopic (exact) mass is 237 g/mol. The van der Waals surface area contributed by atoms with Crippen LogP contribution in [0.4, 0.5) is 0 Å². The van der Waals surface area contributed by atoms with Gasteiger partial charge in [-0.25, -0.2) is 0 Å². The van der Waals surface area contributed by atoms with Crippen molar-refractivity contribution in [1.29, 1.82) is 0 Å². The normalized spacial score (nSPS) is 11.5. The lowest BCUT2D eigenvalue weighted by Gasteiger charge is -2.27. The molecular weight excluding hydrogens is 221 g/mol. The Hall–Kier alpha value is -1.10.